The number of sulfonamides is 1. The van der Waals surface area contributed by atoms with Gasteiger partial charge >= 0.3 is 5.69 Å². The van der Waals surface area contributed by atoms with E-state index in [0.717, 1.165) is 0 Å². The molecule has 2 aromatic carbocycles. The second-order valence-corrected chi connectivity index (χ2v) is 7.33. The Hall–Kier alpha value is -2.06. The summed E-state index contributed by atoms with van der Waals surface area (Å²) in [5.74, 6) is 0. The number of rotatable bonds is 3. The summed E-state index contributed by atoms with van der Waals surface area (Å²) in [5, 5.41) is 0. The van der Waals surface area contributed by atoms with Crippen molar-refractivity contribution in [2.45, 2.75) is 11.8 Å². The number of aryl methyl sites for hydroxylation is 1. The van der Waals surface area contributed by atoms with Gasteiger partial charge in [-0.05, 0) is 52.7 Å². The highest BCUT2D eigenvalue weighted by Crippen LogP contribution is 2.26. The zero-order chi connectivity index (χ0) is 15.9. The zero-order valence-electron chi connectivity index (χ0n) is 11.5. The highest BCUT2D eigenvalue weighted by molar-refractivity contribution is 9.10. The van der Waals surface area contributed by atoms with Crippen molar-refractivity contribution in [3.8, 4) is 0 Å². The minimum atomic E-state index is -3.73. The Bertz CT molecular complexity index is 1020. The zero-order valence-corrected chi connectivity index (χ0v) is 13.9. The molecule has 0 fully saturated rings. The molecule has 0 spiro atoms. The molecule has 6 nitrogen and oxygen atoms in total. The highest BCUT2D eigenvalue weighted by atomic mass is 79.9. The average molecular weight is 382 g/mol. The van der Waals surface area contributed by atoms with Gasteiger partial charge in [0.15, 0.2) is 0 Å². The van der Waals surface area contributed by atoms with E-state index >= 15 is 0 Å². The molecule has 114 valence electrons. The molecule has 0 aliphatic carbocycles. The van der Waals surface area contributed by atoms with E-state index in [0.29, 0.717) is 26.8 Å². The Morgan fingerprint density at radius 3 is 2.41 bits per heavy atom. The van der Waals surface area contributed by atoms with Crippen LogP contribution in [0.1, 0.15) is 5.56 Å². The van der Waals surface area contributed by atoms with Crippen molar-refractivity contribution < 1.29 is 8.42 Å². The maximum atomic E-state index is 12.5. The fourth-order valence-corrected chi connectivity index (χ4v) is 4.29. The number of fused-ring (bicyclic) bond motifs is 1. The van der Waals surface area contributed by atoms with Crippen molar-refractivity contribution >= 4 is 42.7 Å². The maximum Gasteiger partial charge on any atom is 0.323 e. The van der Waals surface area contributed by atoms with Crippen LogP contribution in [0.3, 0.4) is 0 Å². The molecule has 1 heterocycles. The van der Waals surface area contributed by atoms with Crippen LogP contribution < -0.4 is 10.4 Å². The van der Waals surface area contributed by atoms with Crippen LogP contribution in [0.25, 0.3) is 11.0 Å². The number of nitrogens with one attached hydrogen (secondary N) is 3. The van der Waals surface area contributed by atoms with Crippen LogP contribution in [0.5, 0.6) is 0 Å². The summed E-state index contributed by atoms with van der Waals surface area (Å²) in [7, 11) is -3.73. The fraction of sp³-hybridized carbons (Fsp3) is 0.0714. The van der Waals surface area contributed by atoms with E-state index in [1.807, 2.05) is 0 Å². The second-order valence-electron chi connectivity index (χ2n) is 4.83. The predicted octanol–water partition coefficient (Wildman–Crippen LogP) is 2.73. The second kappa shape index (κ2) is 5.29. The third-order valence-corrected chi connectivity index (χ3v) is 5.61. The topological polar surface area (TPSA) is 94.8 Å². The molecule has 3 aromatic rings. The number of halogens is 1. The maximum absolute atomic E-state index is 12.5. The van der Waals surface area contributed by atoms with Gasteiger partial charge in [0, 0.05) is 4.47 Å². The van der Waals surface area contributed by atoms with Crippen LogP contribution in [0.4, 0.5) is 5.69 Å². The molecule has 0 amide bonds. The summed E-state index contributed by atoms with van der Waals surface area (Å²) in [6, 6.07) is 9.87. The summed E-state index contributed by atoms with van der Waals surface area (Å²) >= 11 is 3.24. The highest BCUT2D eigenvalue weighted by Gasteiger charge is 2.18. The number of benzene rings is 2. The SMILES string of the molecule is Cc1cc2[nH]c(=O)[nH]c2cc1NS(=O)(=O)c1ccccc1Br. The van der Waals surface area contributed by atoms with Crippen molar-refractivity contribution in [1.82, 2.24) is 9.97 Å². The Kier molecular flexibility index (Phi) is 3.57. The van der Waals surface area contributed by atoms with Crippen LogP contribution in [0.15, 0.2) is 50.6 Å². The van der Waals surface area contributed by atoms with Crippen molar-refractivity contribution in [1.29, 1.82) is 0 Å². The molecule has 3 N–H and O–H groups in total. The van der Waals surface area contributed by atoms with E-state index in [1.165, 1.54) is 6.07 Å². The van der Waals surface area contributed by atoms with Gasteiger partial charge in [-0.15, -0.1) is 0 Å². The lowest BCUT2D eigenvalue weighted by atomic mass is 10.2. The van der Waals surface area contributed by atoms with E-state index in [1.54, 1.807) is 37.3 Å². The van der Waals surface area contributed by atoms with E-state index in [2.05, 4.69) is 30.6 Å². The first-order chi connectivity index (χ1) is 10.4. The summed E-state index contributed by atoms with van der Waals surface area (Å²) in [6.45, 7) is 1.77. The predicted molar refractivity (Wildman–Crippen MR) is 88.6 cm³/mol. The van der Waals surface area contributed by atoms with Gasteiger partial charge in [-0.2, -0.15) is 0 Å². The molecule has 0 bridgehead atoms. The Morgan fingerprint density at radius 2 is 1.73 bits per heavy atom. The van der Waals surface area contributed by atoms with E-state index in [4.69, 9.17) is 0 Å². The number of aromatic nitrogens is 2. The minimum absolute atomic E-state index is 0.150. The first-order valence-corrected chi connectivity index (χ1v) is 8.64. The van der Waals surface area contributed by atoms with Crippen molar-refractivity contribution in [3.63, 3.8) is 0 Å². The largest absolute Gasteiger partial charge is 0.323 e. The summed E-state index contributed by atoms with van der Waals surface area (Å²) in [4.78, 5) is 16.7. The van der Waals surface area contributed by atoms with Crippen LogP contribution in [0, 0.1) is 6.92 Å². The average Bonchev–Trinajstić information content (AvgIpc) is 2.78. The molecule has 8 heteroatoms. The van der Waals surface area contributed by atoms with Crippen LogP contribution in [0.2, 0.25) is 0 Å². The molecule has 0 saturated carbocycles. The van der Waals surface area contributed by atoms with E-state index in [9.17, 15) is 13.2 Å². The lowest BCUT2D eigenvalue weighted by molar-refractivity contribution is 0.600. The first kappa shape index (κ1) is 14.9. The van der Waals surface area contributed by atoms with Gasteiger partial charge in [0.1, 0.15) is 4.90 Å². The minimum Gasteiger partial charge on any atom is -0.306 e. The molecular formula is C14H12BrN3O3S. The van der Waals surface area contributed by atoms with Crippen LogP contribution in [-0.2, 0) is 10.0 Å². The summed E-state index contributed by atoms with van der Waals surface area (Å²) in [5.41, 5.74) is 1.96. The van der Waals surface area contributed by atoms with E-state index in [-0.39, 0.29) is 10.6 Å². The molecule has 3 rings (SSSR count). The molecule has 0 atom stereocenters. The summed E-state index contributed by atoms with van der Waals surface area (Å²) < 4.78 is 28.0. The molecule has 1 aromatic heterocycles. The number of imidazole rings is 1. The molecule has 0 aliphatic heterocycles. The van der Waals surface area contributed by atoms with Gasteiger partial charge < -0.3 is 9.97 Å². The number of hydrogen-bond donors (Lipinski definition) is 3. The monoisotopic (exact) mass is 381 g/mol. The normalized spacial score (nSPS) is 11.7. The molecule has 0 unspecified atom stereocenters. The molecule has 0 aliphatic rings. The molecular weight excluding hydrogens is 370 g/mol. The Labute approximate surface area is 134 Å². The van der Waals surface area contributed by atoms with Crippen molar-refractivity contribution in [2.24, 2.45) is 0 Å². The lowest BCUT2D eigenvalue weighted by Gasteiger charge is -2.11. The van der Waals surface area contributed by atoms with Crippen LogP contribution >= 0.6 is 15.9 Å². The molecule has 0 saturated heterocycles. The standard InChI is InChI=1S/C14H12BrN3O3S/c1-8-6-11-12(17-14(19)16-11)7-10(8)18-22(20,21)13-5-3-2-4-9(13)15/h2-7,18H,1H3,(H2,16,17,19). The lowest BCUT2D eigenvalue weighted by Crippen LogP contribution is -2.14. The number of aromatic amines is 2. The fourth-order valence-electron chi connectivity index (χ4n) is 2.16. The third kappa shape index (κ3) is 2.67. The van der Waals surface area contributed by atoms with E-state index < -0.39 is 10.0 Å². The molecule has 0 radical (unpaired) electrons. The van der Waals surface area contributed by atoms with Gasteiger partial charge in [0.2, 0.25) is 0 Å². The summed E-state index contributed by atoms with van der Waals surface area (Å²) in [6.07, 6.45) is 0. The van der Waals surface area contributed by atoms with Gasteiger partial charge in [-0.3, -0.25) is 4.72 Å². The quantitative estimate of drug-likeness (QED) is 0.650. The number of hydrogen-bond acceptors (Lipinski definition) is 3. The Morgan fingerprint density at radius 1 is 1.09 bits per heavy atom. The van der Waals surface area contributed by atoms with Crippen molar-refractivity contribution in [2.75, 3.05) is 4.72 Å². The van der Waals surface area contributed by atoms with Crippen molar-refractivity contribution in [3.05, 3.63) is 56.9 Å². The smallest absolute Gasteiger partial charge is 0.306 e. The number of H-pyrrole nitrogens is 2. The molecule has 22 heavy (non-hydrogen) atoms. The van der Waals surface area contributed by atoms with Gasteiger partial charge in [0.05, 0.1) is 16.7 Å². The first-order valence-electron chi connectivity index (χ1n) is 6.37. The number of anilines is 1. The van der Waals surface area contributed by atoms with Gasteiger partial charge in [-0.1, -0.05) is 12.1 Å². The van der Waals surface area contributed by atoms with Gasteiger partial charge in [-0.25, -0.2) is 13.2 Å². The van der Waals surface area contributed by atoms with Gasteiger partial charge in [0.25, 0.3) is 10.0 Å². The Balaban J connectivity index is 2.07. The van der Waals surface area contributed by atoms with Crippen LogP contribution in [-0.4, -0.2) is 18.4 Å². The third-order valence-electron chi connectivity index (χ3n) is 3.23.